The number of aliphatic hydroxyl groups excluding tert-OH is 1. The first kappa shape index (κ1) is 15.1. The molecule has 0 heterocycles. The summed E-state index contributed by atoms with van der Waals surface area (Å²) < 4.78 is 0. The van der Waals surface area contributed by atoms with Crippen molar-refractivity contribution in [2.75, 3.05) is 6.61 Å². The second-order valence-corrected chi connectivity index (χ2v) is 4.70. The van der Waals surface area contributed by atoms with Gasteiger partial charge in [0, 0.05) is 12.1 Å². The molecule has 1 aromatic carbocycles. The monoisotopic (exact) mass is 266 g/mol. The number of rotatable bonds is 6. The van der Waals surface area contributed by atoms with Gasteiger partial charge in [-0.05, 0) is 11.5 Å². The Morgan fingerprint density at radius 2 is 1.95 bits per heavy atom. The van der Waals surface area contributed by atoms with Gasteiger partial charge in [-0.2, -0.15) is 0 Å². The van der Waals surface area contributed by atoms with Crippen LogP contribution < -0.4 is 5.32 Å². The van der Waals surface area contributed by atoms with Crippen LogP contribution >= 0.6 is 0 Å². The van der Waals surface area contributed by atoms with E-state index in [1.165, 1.54) is 12.1 Å². The summed E-state index contributed by atoms with van der Waals surface area (Å²) in [7, 11) is 0. The Kier molecular flexibility index (Phi) is 5.44. The maximum atomic E-state index is 11.7. The van der Waals surface area contributed by atoms with E-state index >= 15 is 0 Å². The molecule has 6 nitrogen and oxygen atoms in total. The summed E-state index contributed by atoms with van der Waals surface area (Å²) in [5.41, 5.74) is 0.697. The predicted molar refractivity (Wildman–Crippen MR) is 70.7 cm³/mol. The van der Waals surface area contributed by atoms with Crippen LogP contribution in [0.25, 0.3) is 0 Å². The normalized spacial score (nSPS) is 12.2. The molecule has 0 radical (unpaired) electrons. The van der Waals surface area contributed by atoms with Crippen molar-refractivity contribution < 1.29 is 14.8 Å². The van der Waals surface area contributed by atoms with Gasteiger partial charge < -0.3 is 10.4 Å². The van der Waals surface area contributed by atoms with Crippen molar-refractivity contribution in [2.24, 2.45) is 5.92 Å². The molecule has 2 N–H and O–H groups in total. The molecule has 1 aromatic rings. The lowest BCUT2D eigenvalue weighted by Gasteiger charge is -2.19. The molecule has 0 unspecified atom stereocenters. The Labute approximate surface area is 111 Å². The van der Waals surface area contributed by atoms with E-state index < -0.39 is 4.92 Å². The molecule has 0 saturated heterocycles. The van der Waals surface area contributed by atoms with Crippen molar-refractivity contribution in [3.8, 4) is 0 Å². The highest BCUT2D eigenvalue weighted by Gasteiger charge is 2.15. The van der Waals surface area contributed by atoms with Gasteiger partial charge in [0.15, 0.2) is 0 Å². The van der Waals surface area contributed by atoms with Crippen LogP contribution in [-0.2, 0) is 11.2 Å². The third kappa shape index (κ3) is 4.67. The zero-order valence-corrected chi connectivity index (χ0v) is 11.0. The Morgan fingerprint density at radius 3 is 2.37 bits per heavy atom. The number of aliphatic hydroxyl groups is 1. The number of nitro benzene ring substituents is 1. The van der Waals surface area contributed by atoms with Crippen LogP contribution in [0, 0.1) is 16.0 Å². The number of non-ortho nitro benzene ring substituents is 1. The lowest BCUT2D eigenvalue weighted by atomic mass is 10.0. The van der Waals surface area contributed by atoms with Crippen molar-refractivity contribution in [3.63, 3.8) is 0 Å². The van der Waals surface area contributed by atoms with Crippen LogP contribution in [0.1, 0.15) is 19.4 Å². The molecule has 1 atom stereocenters. The number of carbonyl (C=O) groups excluding carboxylic acids is 1. The van der Waals surface area contributed by atoms with Gasteiger partial charge in [0.1, 0.15) is 0 Å². The summed E-state index contributed by atoms with van der Waals surface area (Å²) in [6, 6.07) is 5.58. The van der Waals surface area contributed by atoms with Gasteiger partial charge in [-0.3, -0.25) is 14.9 Å². The lowest BCUT2D eigenvalue weighted by molar-refractivity contribution is -0.384. The molecule has 1 rings (SSSR count). The zero-order chi connectivity index (χ0) is 14.4. The second kappa shape index (κ2) is 6.84. The maximum absolute atomic E-state index is 11.7. The third-order valence-electron chi connectivity index (χ3n) is 2.86. The van der Waals surface area contributed by atoms with E-state index in [9.17, 15) is 14.9 Å². The number of nitrogens with zero attached hydrogens (tertiary/aromatic N) is 1. The number of hydrogen-bond acceptors (Lipinski definition) is 4. The first-order valence-electron chi connectivity index (χ1n) is 6.07. The highest BCUT2D eigenvalue weighted by atomic mass is 16.6. The van der Waals surface area contributed by atoms with Crippen LogP contribution in [0.3, 0.4) is 0 Å². The summed E-state index contributed by atoms with van der Waals surface area (Å²) in [4.78, 5) is 21.8. The molecule has 0 aliphatic rings. The first-order valence-corrected chi connectivity index (χ1v) is 6.07. The average Bonchev–Trinajstić information content (AvgIpc) is 2.36. The highest BCUT2D eigenvalue weighted by Crippen LogP contribution is 2.12. The Hall–Kier alpha value is -1.95. The third-order valence-corrected chi connectivity index (χ3v) is 2.86. The topological polar surface area (TPSA) is 92.5 Å². The molecule has 0 aromatic heterocycles. The summed E-state index contributed by atoms with van der Waals surface area (Å²) in [6.45, 7) is 3.71. The lowest BCUT2D eigenvalue weighted by Crippen LogP contribution is -2.41. The molecule has 0 bridgehead atoms. The second-order valence-electron chi connectivity index (χ2n) is 4.70. The highest BCUT2D eigenvalue weighted by molar-refractivity contribution is 5.79. The van der Waals surface area contributed by atoms with Gasteiger partial charge in [-0.25, -0.2) is 0 Å². The quantitative estimate of drug-likeness (QED) is 0.599. The van der Waals surface area contributed by atoms with Crippen LogP contribution in [-0.4, -0.2) is 28.6 Å². The van der Waals surface area contributed by atoms with Crippen LogP contribution in [0.15, 0.2) is 24.3 Å². The minimum Gasteiger partial charge on any atom is -0.394 e. The fraction of sp³-hybridized carbons (Fsp3) is 0.462. The van der Waals surface area contributed by atoms with Crippen molar-refractivity contribution >= 4 is 11.6 Å². The molecule has 0 spiro atoms. The standard InChI is InChI=1S/C13H18N2O4/c1-9(2)12(8-16)14-13(17)7-10-3-5-11(6-4-10)15(18)19/h3-6,9,12,16H,7-8H2,1-2H3,(H,14,17)/t12-/m1/s1. The average molecular weight is 266 g/mol. The van der Waals surface area contributed by atoms with Crippen LogP contribution in [0.4, 0.5) is 5.69 Å². The first-order chi connectivity index (χ1) is 8.93. The fourth-order valence-corrected chi connectivity index (χ4v) is 1.60. The van der Waals surface area contributed by atoms with Gasteiger partial charge in [0.2, 0.25) is 5.91 Å². The molecular weight excluding hydrogens is 248 g/mol. The summed E-state index contributed by atoms with van der Waals surface area (Å²) in [5, 5.41) is 22.3. The molecule has 1 amide bonds. The zero-order valence-electron chi connectivity index (χ0n) is 11.0. The van der Waals surface area contributed by atoms with Crippen LogP contribution in [0.5, 0.6) is 0 Å². The number of benzene rings is 1. The number of carbonyl (C=O) groups is 1. The molecule has 0 aliphatic heterocycles. The van der Waals surface area contributed by atoms with E-state index in [0.717, 1.165) is 0 Å². The summed E-state index contributed by atoms with van der Waals surface area (Å²) in [5.74, 6) is -0.0626. The minimum atomic E-state index is -0.482. The Morgan fingerprint density at radius 1 is 1.37 bits per heavy atom. The van der Waals surface area contributed by atoms with E-state index in [2.05, 4.69) is 5.32 Å². The molecule has 0 fully saturated rings. The number of amides is 1. The summed E-state index contributed by atoms with van der Waals surface area (Å²) in [6.07, 6.45) is 0.140. The molecular formula is C13H18N2O4. The van der Waals surface area contributed by atoms with E-state index in [1.807, 2.05) is 13.8 Å². The van der Waals surface area contributed by atoms with E-state index in [4.69, 9.17) is 5.11 Å². The number of nitro groups is 1. The molecule has 19 heavy (non-hydrogen) atoms. The van der Waals surface area contributed by atoms with E-state index in [1.54, 1.807) is 12.1 Å². The maximum Gasteiger partial charge on any atom is 0.269 e. The fourth-order valence-electron chi connectivity index (χ4n) is 1.60. The largest absolute Gasteiger partial charge is 0.394 e. The number of hydrogen-bond donors (Lipinski definition) is 2. The van der Waals surface area contributed by atoms with E-state index in [0.29, 0.717) is 5.56 Å². The smallest absolute Gasteiger partial charge is 0.269 e. The molecule has 0 aliphatic carbocycles. The van der Waals surface area contributed by atoms with Gasteiger partial charge in [-0.15, -0.1) is 0 Å². The predicted octanol–water partition coefficient (Wildman–Crippen LogP) is 1.27. The Balaban J connectivity index is 2.59. The van der Waals surface area contributed by atoms with Crippen molar-refractivity contribution in [3.05, 3.63) is 39.9 Å². The SMILES string of the molecule is CC(C)[C@@H](CO)NC(=O)Cc1ccc([N+](=O)[O-])cc1. The summed E-state index contributed by atoms with van der Waals surface area (Å²) >= 11 is 0. The van der Waals surface area contributed by atoms with Crippen molar-refractivity contribution in [1.82, 2.24) is 5.32 Å². The van der Waals surface area contributed by atoms with E-state index in [-0.39, 0.29) is 36.6 Å². The molecule has 0 saturated carbocycles. The van der Waals surface area contributed by atoms with Gasteiger partial charge in [0.25, 0.3) is 5.69 Å². The van der Waals surface area contributed by atoms with Gasteiger partial charge >= 0.3 is 0 Å². The minimum absolute atomic E-state index is 0.000395. The Bertz CT molecular complexity index is 442. The van der Waals surface area contributed by atoms with Gasteiger partial charge in [-0.1, -0.05) is 26.0 Å². The van der Waals surface area contributed by atoms with Gasteiger partial charge in [0.05, 0.1) is 24.0 Å². The van der Waals surface area contributed by atoms with Crippen LogP contribution in [0.2, 0.25) is 0 Å². The van der Waals surface area contributed by atoms with Crippen molar-refractivity contribution in [1.29, 1.82) is 0 Å². The molecule has 6 heteroatoms. The number of nitrogens with one attached hydrogen (secondary N) is 1. The molecule has 104 valence electrons. The van der Waals surface area contributed by atoms with Crippen molar-refractivity contribution in [2.45, 2.75) is 26.3 Å².